The highest BCUT2D eigenvalue weighted by molar-refractivity contribution is 9.10. The summed E-state index contributed by atoms with van der Waals surface area (Å²) in [6.45, 7) is 0. The molecular weight excluding hydrogens is 279 g/mol. The number of carbonyl (C=O) groups is 1. The maximum Gasteiger partial charge on any atom is 0.142 e. The summed E-state index contributed by atoms with van der Waals surface area (Å²) in [4.78, 5) is 11.7. The van der Waals surface area contributed by atoms with Crippen LogP contribution in [0.5, 0.6) is 0 Å². The number of ketones is 1. The molecule has 1 aromatic rings. The Bertz CT molecular complexity index is 390. The Kier molecular flexibility index (Phi) is 3.46. The van der Waals surface area contributed by atoms with E-state index in [0.29, 0.717) is 5.56 Å². The van der Waals surface area contributed by atoms with Crippen LogP contribution in [0.15, 0.2) is 22.7 Å². The number of hydrogen-bond acceptors (Lipinski definition) is 2. The lowest BCUT2D eigenvalue weighted by atomic mass is 10.00. The summed E-state index contributed by atoms with van der Waals surface area (Å²) in [6.07, 6.45) is 0.219. The van der Waals surface area contributed by atoms with Gasteiger partial charge in [0.15, 0.2) is 0 Å². The molecule has 0 bridgehead atoms. The summed E-state index contributed by atoms with van der Waals surface area (Å²) in [6, 6.07) is 4.71. The Morgan fingerprint density at radius 2 is 2.27 bits per heavy atom. The summed E-state index contributed by atoms with van der Waals surface area (Å²) >= 11 is 5.04. The number of Topliss-reactive ketones (excluding diaryl/α,β-unsaturated/α-hetero) is 1. The highest BCUT2D eigenvalue weighted by Gasteiger charge is 2.26. The van der Waals surface area contributed by atoms with Crippen LogP contribution in [-0.4, -0.2) is 17.3 Å². The lowest BCUT2D eigenvalue weighted by Crippen LogP contribution is -2.29. The Hall–Kier alpha value is -0.350. The average molecular weight is 289 g/mol. The first-order chi connectivity index (χ1) is 7.16. The molecule has 0 aliphatic carbocycles. The van der Waals surface area contributed by atoms with E-state index in [1.54, 1.807) is 23.9 Å². The number of hydrogen-bond donors (Lipinski definition) is 0. The Morgan fingerprint density at radius 1 is 1.53 bits per heavy atom. The van der Waals surface area contributed by atoms with Gasteiger partial charge >= 0.3 is 0 Å². The second-order valence-corrected chi connectivity index (χ2v) is 5.60. The van der Waals surface area contributed by atoms with Gasteiger partial charge in [0.25, 0.3) is 0 Å². The normalized spacial score (nSPS) is 16.1. The molecule has 0 saturated carbocycles. The molecule has 0 amide bonds. The Balaban J connectivity index is 2.09. The van der Waals surface area contributed by atoms with E-state index in [4.69, 9.17) is 0 Å². The Morgan fingerprint density at radius 3 is 2.87 bits per heavy atom. The monoisotopic (exact) mass is 288 g/mol. The number of halogens is 2. The van der Waals surface area contributed by atoms with Crippen molar-refractivity contribution < 1.29 is 9.18 Å². The second-order valence-electron chi connectivity index (χ2n) is 3.61. The highest BCUT2D eigenvalue weighted by atomic mass is 79.9. The molecule has 1 saturated heterocycles. The van der Waals surface area contributed by atoms with Crippen LogP contribution in [0.3, 0.4) is 0 Å². The predicted octanol–water partition coefficient (Wildman–Crippen LogP) is 3.06. The first-order valence-corrected chi connectivity index (χ1v) is 6.66. The van der Waals surface area contributed by atoms with Gasteiger partial charge in [-0.05, 0) is 23.8 Å². The fourth-order valence-electron chi connectivity index (χ4n) is 1.43. The van der Waals surface area contributed by atoms with E-state index in [1.807, 2.05) is 0 Å². The van der Waals surface area contributed by atoms with E-state index >= 15 is 0 Å². The van der Waals surface area contributed by atoms with Gasteiger partial charge in [0.2, 0.25) is 0 Å². The molecule has 15 heavy (non-hydrogen) atoms. The van der Waals surface area contributed by atoms with Crippen molar-refractivity contribution in [3.8, 4) is 0 Å². The van der Waals surface area contributed by atoms with Crippen LogP contribution >= 0.6 is 27.7 Å². The molecule has 1 aliphatic heterocycles. The smallest absolute Gasteiger partial charge is 0.142 e. The van der Waals surface area contributed by atoms with Crippen molar-refractivity contribution in [1.82, 2.24) is 0 Å². The summed E-state index contributed by atoms with van der Waals surface area (Å²) in [5.74, 6) is 1.81. The van der Waals surface area contributed by atoms with Gasteiger partial charge in [-0.3, -0.25) is 4.79 Å². The van der Waals surface area contributed by atoms with Gasteiger partial charge in [0, 0.05) is 28.3 Å². The number of carbonyl (C=O) groups excluding carboxylic acids is 1. The van der Waals surface area contributed by atoms with Crippen LogP contribution in [0, 0.1) is 11.7 Å². The average Bonchev–Trinajstić information content (AvgIpc) is 2.08. The topological polar surface area (TPSA) is 17.1 Å². The zero-order valence-electron chi connectivity index (χ0n) is 8.00. The van der Waals surface area contributed by atoms with Crippen LogP contribution in [-0.2, 0) is 11.2 Å². The van der Waals surface area contributed by atoms with Crippen molar-refractivity contribution in [2.45, 2.75) is 6.42 Å². The predicted molar refractivity (Wildman–Crippen MR) is 63.6 cm³/mol. The minimum Gasteiger partial charge on any atom is -0.299 e. The van der Waals surface area contributed by atoms with E-state index in [9.17, 15) is 9.18 Å². The van der Waals surface area contributed by atoms with Gasteiger partial charge in [-0.15, -0.1) is 0 Å². The first-order valence-electron chi connectivity index (χ1n) is 4.71. The molecule has 0 spiro atoms. The molecule has 1 aromatic carbocycles. The zero-order valence-corrected chi connectivity index (χ0v) is 10.4. The minimum atomic E-state index is -0.293. The van der Waals surface area contributed by atoms with Crippen LogP contribution in [0.1, 0.15) is 5.56 Å². The molecule has 0 aromatic heterocycles. The van der Waals surface area contributed by atoms with Crippen molar-refractivity contribution in [1.29, 1.82) is 0 Å². The fraction of sp³-hybridized carbons (Fsp3) is 0.364. The van der Waals surface area contributed by atoms with Gasteiger partial charge in [-0.25, -0.2) is 4.39 Å². The third kappa shape index (κ3) is 2.61. The molecule has 0 unspecified atom stereocenters. The van der Waals surface area contributed by atoms with Crippen LogP contribution in [0.2, 0.25) is 0 Å². The molecule has 2 rings (SSSR count). The van der Waals surface area contributed by atoms with Crippen molar-refractivity contribution >= 4 is 33.5 Å². The van der Waals surface area contributed by atoms with Crippen molar-refractivity contribution in [3.05, 3.63) is 34.1 Å². The molecular formula is C11H10BrFOS. The zero-order chi connectivity index (χ0) is 10.8. The largest absolute Gasteiger partial charge is 0.299 e. The molecule has 4 heteroatoms. The molecule has 0 N–H and O–H groups in total. The quantitative estimate of drug-likeness (QED) is 0.850. The van der Waals surface area contributed by atoms with E-state index in [-0.39, 0.29) is 23.9 Å². The van der Waals surface area contributed by atoms with Gasteiger partial charge in [0.05, 0.1) is 0 Å². The van der Waals surface area contributed by atoms with Gasteiger partial charge in [0.1, 0.15) is 11.6 Å². The summed E-state index contributed by atoms with van der Waals surface area (Å²) < 4.78 is 14.2. The maximum absolute atomic E-state index is 13.3. The van der Waals surface area contributed by atoms with Crippen LogP contribution < -0.4 is 0 Å². The van der Waals surface area contributed by atoms with Crippen molar-refractivity contribution in [3.63, 3.8) is 0 Å². The first kappa shape index (κ1) is 11.1. The van der Waals surface area contributed by atoms with E-state index < -0.39 is 0 Å². The van der Waals surface area contributed by atoms with Gasteiger partial charge < -0.3 is 0 Å². The molecule has 1 heterocycles. The highest BCUT2D eigenvalue weighted by Crippen LogP contribution is 2.27. The standard InChI is InChI=1S/C11H10BrFOS/c12-9-1-2-10(13)7(3-9)4-11(14)8-5-15-6-8/h1-3,8H,4-6H2. The number of thioether (sulfide) groups is 1. The summed E-state index contributed by atoms with van der Waals surface area (Å²) in [7, 11) is 0. The van der Waals surface area contributed by atoms with E-state index in [2.05, 4.69) is 15.9 Å². The van der Waals surface area contributed by atoms with Crippen LogP contribution in [0.25, 0.3) is 0 Å². The summed E-state index contributed by atoms with van der Waals surface area (Å²) in [5, 5.41) is 0. The second kappa shape index (κ2) is 4.66. The van der Waals surface area contributed by atoms with Gasteiger partial charge in [-0.1, -0.05) is 15.9 Å². The minimum absolute atomic E-state index is 0.147. The SMILES string of the molecule is O=C(Cc1cc(Br)ccc1F)C1CSC1. The molecule has 80 valence electrons. The van der Waals surface area contributed by atoms with Crippen LogP contribution in [0.4, 0.5) is 4.39 Å². The summed E-state index contributed by atoms with van der Waals surface area (Å²) in [5.41, 5.74) is 0.492. The third-order valence-electron chi connectivity index (χ3n) is 2.47. The third-order valence-corrected chi connectivity index (χ3v) is 4.24. The fourth-order valence-corrected chi connectivity index (χ4v) is 2.68. The number of benzene rings is 1. The molecule has 1 aliphatic rings. The molecule has 1 fully saturated rings. The molecule has 0 atom stereocenters. The Labute approximate surface area is 101 Å². The maximum atomic E-state index is 13.3. The van der Waals surface area contributed by atoms with Gasteiger partial charge in [-0.2, -0.15) is 11.8 Å². The van der Waals surface area contributed by atoms with Crippen molar-refractivity contribution in [2.75, 3.05) is 11.5 Å². The van der Waals surface area contributed by atoms with E-state index in [1.165, 1.54) is 6.07 Å². The van der Waals surface area contributed by atoms with Crippen molar-refractivity contribution in [2.24, 2.45) is 5.92 Å². The number of rotatable bonds is 3. The lowest BCUT2D eigenvalue weighted by Gasteiger charge is -2.23. The lowest BCUT2D eigenvalue weighted by molar-refractivity contribution is -0.121. The molecule has 1 nitrogen and oxygen atoms in total. The van der Waals surface area contributed by atoms with E-state index in [0.717, 1.165) is 16.0 Å². The molecule has 0 radical (unpaired) electrons.